The molecule has 0 rings (SSSR count). The summed E-state index contributed by atoms with van der Waals surface area (Å²) in [6.45, 7) is 9.63. The molecular formula is C11H20N2O2. The maximum atomic E-state index is 11.7. The van der Waals surface area contributed by atoms with Crippen LogP contribution in [-0.2, 0) is 4.74 Å². The molecule has 1 amide bonds. The molecule has 1 unspecified atom stereocenters. The highest BCUT2D eigenvalue weighted by Crippen LogP contribution is 2.12. The standard InChI is InChI=1S/C11H20N2O2/c1-6-9(8-12)13(7-2)10(14)15-11(3,4)5/h9H,6-7H2,1-5H3. The van der Waals surface area contributed by atoms with Gasteiger partial charge in [-0.05, 0) is 34.1 Å². The van der Waals surface area contributed by atoms with E-state index in [1.54, 1.807) is 0 Å². The molecule has 0 aromatic rings. The Morgan fingerprint density at radius 3 is 2.27 bits per heavy atom. The van der Waals surface area contributed by atoms with Crippen LogP contribution >= 0.6 is 0 Å². The van der Waals surface area contributed by atoms with E-state index >= 15 is 0 Å². The first-order chi connectivity index (χ1) is 6.85. The van der Waals surface area contributed by atoms with Crippen LogP contribution in [0.5, 0.6) is 0 Å². The van der Waals surface area contributed by atoms with Gasteiger partial charge in [0, 0.05) is 6.54 Å². The molecule has 0 saturated heterocycles. The van der Waals surface area contributed by atoms with Crippen LogP contribution in [-0.4, -0.2) is 29.2 Å². The number of nitriles is 1. The fourth-order valence-corrected chi connectivity index (χ4v) is 1.18. The van der Waals surface area contributed by atoms with Crippen molar-refractivity contribution < 1.29 is 9.53 Å². The molecule has 86 valence electrons. The highest BCUT2D eigenvalue weighted by atomic mass is 16.6. The number of rotatable bonds is 3. The predicted molar refractivity (Wildman–Crippen MR) is 58.3 cm³/mol. The SMILES string of the molecule is CCC(C#N)N(CC)C(=O)OC(C)(C)C. The lowest BCUT2D eigenvalue weighted by Crippen LogP contribution is -2.42. The van der Waals surface area contributed by atoms with Gasteiger partial charge in [-0.1, -0.05) is 6.92 Å². The Bertz CT molecular complexity index is 250. The number of ether oxygens (including phenoxy) is 1. The molecular weight excluding hydrogens is 192 g/mol. The highest BCUT2D eigenvalue weighted by Gasteiger charge is 2.25. The first-order valence-electron chi connectivity index (χ1n) is 5.25. The van der Waals surface area contributed by atoms with Gasteiger partial charge < -0.3 is 4.74 Å². The zero-order valence-corrected chi connectivity index (χ0v) is 10.2. The van der Waals surface area contributed by atoms with Crippen molar-refractivity contribution in [3.05, 3.63) is 0 Å². The Hall–Kier alpha value is -1.24. The van der Waals surface area contributed by atoms with Crippen molar-refractivity contribution in [3.8, 4) is 6.07 Å². The normalized spacial score (nSPS) is 12.8. The van der Waals surface area contributed by atoms with Gasteiger partial charge in [-0.2, -0.15) is 5.26 Å². The van der Waals surface area contributed by atoms with Crippen LogP contribution < -0.4 is 0 Å². The Labute approximate surface area is 91.8 Å². The summed E-state index contributed by atoms with van der Waals surface area (Å²) in [7, 11) is 0. The fraction of sp³-hybridized carbons (Fsp3) is 0.818. The monoisotopic (exact) mass is 212 g/mol. The third-order valence-electron chi connectivity index (χ3n) is 1.88. The van der Waals surface area contributed by atoms with Crippen LogP contribution in [0.2, 0.25) is 0 Å². The highest BCUT2D eigenvalue weighted by molar-refractivity contribution is 5.69. The van der Waals surface area contributed by atoms with Gasteiger partial charge in [0.1, 0.15) is 11.6 Å². The second-order valence-corrected chi connectivity index (χ2v) is 4.32. The molecule has 0 N–H and O–H groups in total. The van der Waals surface area contributed by atoms with E-state index in [9.17, 15) is 4.79 Å². The van der Waals surface area contributed by atoms with E-state index in [0.29, 0.717) is 13.0 Å². The molecule has 0 aliphatic rings. The van der Waals surface area contributed by atoms with Gasteiger partial charge in [-0.15, -0.1) is 0 Å². The zero-order chi connectivity index (χ0) is 12.1. The molecule has 0 aliphatic carbocycles. The summed E-state index contributed by atoms with van der Waals surface area (Å²) in [6.07, 6.45) is 0.197. The molecule has 0 saturated carbocycles. The summed E-state index contributed by atoms with van der Waals surface area (Å²) in [5.74, 6) is 0. The molecule has 4 nitrogen and oxygen atoms in total. The summed E-state index contributed by atoms with van der Waals surface area (Å²) in [5, 5.41) is 8.88. The lowest BCUT2D eigenvalue weighted by atomic mass is 10.2. The third kappa shape index (κ3) is 4.68. The van der Waals surface area contributed by atoms with Crippen LogP contribution in [0.1, 0.15) is 41.0 Å². The van der Waals surface area contributed by atoms with Gasteiger partial charge in [0.25, 0.3) is 0 Å². The van der Waals surface area contributed by atoms with Crippen molar-refractivity contribution >= 4 is 6.09 Å². The molecule has 0 spiro atoms. The van der Waals surface area contributed by atoms with Crippen LogP contribution in [0, 0.1) is 11.3 Å². The minimum absolute atomic E-state index is 0.398. The minimum Gasteiger partial charge on any atom is -0.444 e. The van der Waals surface area contributed by atoms with Crippen molar-refractivity contribution in [3.63, 3.8) is 0 Å². The van der Waals surface area contributed by atoms with Gasteiger partial charge in [-0.25, -0.2) is 4.79 Å². The summed E-state index contributed by atoms with van der Waals surface area (Å²) < 4.78 is 5.21. The Morgan fingerprint density at radius 2 is 2.00 bits per heavy atom. The first kappa shape index (κ1) is 13.8. The summed E-state index contributed by atoms with van der Waals surface area (Å²) in [6, 6.07) is 1.70. The van der Waals surface area contributed by atoms with E-state index in [4.69, 9.17) is 10.00 Å². The Balaban J connectivity index is 4.55. The molecule has 1 atom stereocenters. The van der Waals surface area contributed by atoms with Crippen LogP contribution in [0.15, 0.2) is 0 Å². The van der Waals surface area contributed by atoms with E-state index in [0.717, 1.165) is 0 Å². The molecule has 4 heteroatoms. The van der Waals surface area contributed by atoms with Crippen molar-refractivity contribution in [2.24, 2.45) is 0 Å². The smallest absolute Gasteiger partial charge is 0.411 e. The van der Waals surface area contributed by atoms with Crippen molar-refractivity contribution in [2.75, 3.05) is 6.54 Å². The summed E-state index contributed by atoms with van der Waals surface area (Å²) >= 11 is 0. The number of hydrogen-bond donors (Lipinski definition) is 0. The zero-order valence-electron chi connectivity index (χ0n) is 10.2. The Kier molecular flexibility index (Phi) is 5.13. The van der Waals surface area contributed by atoms with E-state index < -0.39 is 17.7 Å². The van der Waals surface area contributed by atoms with Gasteiger partial charge >= 0.3 is 6.09 Å². The lowest BCUT2D eigenvalue weighted by molar-refractivity contribution is 0.0213. The first-order valence-corrected chi connectivity index (χ1v) is 5.25. The third-order valence-corrected chi connectivity index (χ3v) is 1.88. The molecule has 0 aliphatic heterocycles. The second-order valence-electron chi connectivity index (χ2n) is 4.32. The maximum Gasteiger partial charge on any atom is 0.411 e. The Morgan fingerprint density at radius 1 is 1.47 bits per heavy atom. The minimum atomic E-state index is -0.516. The van der Waals surface area contributed by atoms with Crippen molar-refractivity contribution in [2.45, 2.75) is 52.7 Å². The molecule has 0 radical (unpaired) electrons. The van der Waals surface area contributed by atoms with Crippen LogP contribution in [0.3, 0.4) is 0 Å². The molecule has 0 aromatic heterocycles. The van der Waals surface area contributed by atoms with Gasteiger partial charge in [-0.3, -0.25) is 4.90 Å². The predicted octanol–water partition coefficient (Wildman–Crippen LogP) is 2.55. The molecule has 0 heterocycles. The molecule has 0 aromatic carbocycles. The summed E-state index contributed by atoms with van der Waals surface area (Å²) in [5.41, 5.74) is -0.516. The van der Waals surface area contributed by atoms with Gasteiger partial charge in [0.2, 0.25) is 0 Å². The quantitative estimate of drug-likeness (QED) is 0.722. The van der Waals surface area contributed by atoms with Crippen LogP contribution in [0.25, 0.3) is 0 Å². The largest absolute Gasteiger partial charge is 0.444 e. The topological polar surface area (TPSA) is 53.3 Å². The average molecular weight is 212 g/mol. The number of hydrogen-bond acceptors (Lipinski definition) is 3. The fourth-order valence-electron chi connectivity index (χ4n) is 1.18. The van der Waals surface area contributed by atoms with Crippen molar-refractivity contribution in [1.82, 2.24) is 4.90 Å². The van der Waals surface area contributed by atoms with Gasteiger partial charge in [0.15, 0.2) is 0 Å². The van der Waals surface area contributed by atoms with Crippen LogP contribution in [0.4, 0.5) is 4.79 Å². The van der Waals surface area contributed by atoms with E-state index in [1.165, 1.54) is 4.90 Å². The van der Waals surface area contributed by atoms with Gasteiger partial charge in [0.05, 0.1) is 6.07 Å². The summed E-state index contributed by atoms with van der Waals surface area (Å²) in [4.78, 5) is 13.2. The number of carbonyl (C=O) groups excluding carboxylic acids is 1. The maximum absolute atomic E-state index is 11.7. The molecule has 15 heavy (non-hydrogen) atoms. The van der Waals surface area contributed by atoms with E-state index in [2.05, 4.69) is 6.07 Å². The second kappa shape index (κ2) is 5.59. The number of nitrogens with zero attached hydrogens (tertiary/aromatic N) is 2. The average Bonchev–Trinajstić information content (AvgIpc) is 2.10. The molecule has 0 bridgehead atoms. The molecule has 0 fully saturated rings. The van der Waals surface area contributed by atoms with E-state index in [-0.39, 0.29) is 0 Å². The number of carbonyl (C=O) groups is 1. The lowest BCUT2D eigenvalue weighted by Gasteiger charge is -2.28. The van der Waals surface area contributed by atoms with E-state index in [1.807, 2.05) is 34.6 Å². The van der Waals surface area contributed by atoms with Crippen molar-refractivity contribution in [1.29, 1.82) is 5.26 Å². The number of amides is 1.